The fourth-order valence-corrected chi connectivity index (χ4v) is 3.64. The summed E-state index contributed by atoms with van der Waals surface area (Å²) in [5.41, 5.74) is 2.66. The van der Waals surface area contributed by atoms with Gasteiger partial charge in [-0.25, -0.2) is 0 Å². The van der Waals surface area contributed by atoms with Gasteiger partial charge in [0.25, 0.3) is 10.1 Å². The predicted molar refractivity (Wildman–Crippen MR) is 113 cm³/mol. The molecule has 1 aliphatic heterocycles. The molecule has 0 aliphatic carbocycles. The van der Waals surface area contributed by atoms with Gasteiger partial charge in [0.15, 0.2) is 11.5 Å². The molecule has 1 atom stereocenters. The summed E-state index contributed by atoms with van der Waals surface area (Å²) in [6.07, 6.45) is 3.24. The predicted octanol–water partition coefficient (Wildman–Crippen LogP) is 3.14. The van der Waals surface area contributed by atoms with Crippen LogP contribution in [0.1, 0.15) is 22.6 Å². The van der Waals surface area contributed by atoms with Gasteiger partial charge in [0.2, 0.25) is 0 Å². The Balaban J connectivity index is 0.000000537. The minimum Gasteiger partial charge on any atom is -0.508 e. The Morgan fingerprint density at radius 3 is 2.52 bits per heavy atom. The lowest BCUT2D eigenvalue weighted by molar-refractivity contribution is 0.306. The van der Waals surface area contributed by atoms with E-state index in [-0.39, 0.29) is 28.2 Å². The normalized spacial score (nSPS) is 16.9. The maximum Gasteiger partial charge on any atom is 0.261 e. The fraction of sp³-hybridized carbons (Fsp3) is 0.300. The number of benzene rings is 2. The van der Waals surface area contributed by atoms with Gasteiger partial charge in [-0.3, -0.25) is 9.45 Å². The van der Waals surface area contributed by atoms with Crippen molar-refractivity contribution in [1.82, 2.24) is 4.90 Å². The van der Waals surface area contributed by atoms with Crippen LogP contribution in [0.2, 0.25) is 5.02 Å². The number of phenolic OH excluding ortho intramolecular Hbond substituents is 3. The third kappa shape index (κ3) is 6.37. The molecule has 1 heterocycles. The molecule has 0 saturated carbocycles. The number of hydrogen-bond acceptors (Lipinski definition) is 6. The van der Waals surface area contributed by atoms with Crippen molar-refractivity contribution in [3.05, 3.63) is 64.7 Å². The highest BCUT2D eigenvalue weighted by Crippen LogP contribution is 2.43. The van der Waals surface area contributed by atoms with Crippen molar-refractivity contribution in [2.75, 3.05) is 25.9 Å². The van der Waals surface area contributed by atoms with Crippen molar-refractivity contribution in [2.24, 2.45) is 0 Å². The second-order valence-corrected chi connectivity index (χ2v) is 8.65. The lowest BCUT2D eigenvalue weighted by atomic mass is 9.87. The number of hydrogen-bond donors (Lipinski definition) is 4. The van der Waals surface area contributed by atoms with E-state index < -0.39 is 10.1 Å². The van der Waals surface area contributed by atoms with E-state index >= 15 is 0 Å². The summed E-state index contributed by atoms with van der Waals surface area (Å²) in [5.74, 6) is -0.371. The van der Waals surface area contributed by atoms with Crippen LogP contribution in [0.3, 0.4) is 0 Å². The van der Waals surface area contributed by atoms with Crippen molar-refractivity contribution < 1.29 is 28.3 Å². The SMILES string of the molecule is C=CCN1CCc2c(cc(O)c(O)c2Cl)C(c2cccc(O)c2)C1.CS(=O)(=O)O. The number of fused-ring (bicyclic) bond motifs is 1. The molecular weight excluding hydrogens is 418 g/mol. The molecule has 158 valence electrons. The zero-order valence-electron chi connectivity index (χ0n) is 15.9. The molecule has 2 aromatic carbocycles. The first-order chi connectivity index (χ1) is 13.5. The second kappa shape index (κ2) is 9.49. The third-order valence-electron chi connectivity index (χ3n) is 4.51. The molecule has 1 aliphatic rings. The van der Waals surface area contributed by atoms with Gasteiger partial charge in [0.05, 0.1) is 11.3 Å². The number of halogens is 1. The molecule has 0 fully saturated rings. The third-order valence-corrected chi connectivity index (χ3v) is 4.92. The average Bonchev–Trinajstić information content (AvgIpc) is 2.79. The molecule has 9 heteroatoms. The molecule has 29 heavy (non-hydrogen) atoms. The summed E-state index contributed by atoms with van der Waals surface area (Å²) in [4.78, 5) is 2.24. The first-order valence-electron chi connectivity index (χ1n) is 8.79. The molecule has 0 radical (unpaired) electrons. The van der Waals surface area contributed by atoms with E-state index in [9.17, 15) is 23.7 Å². The lowest BCUT2D eigenvalue weighted by Crippen LogP contribution is -2.28. The first-order valence-corrected chi connectivity index (χ1v) is 11.0. The molecule has 3 rings (SSSR count). The first kappa shape index (κ1) is 23.0. The fourth-order valence-electron chi connectivity index (χ4n) is 3.34. The highest BCUT2D eigenvalue weighted by molar-refractivity contribution is 7.85. The Kier molecular flexibility index (Phi) is 7.54. The Bertz CT molecular complexity index is 985. The van der Waals surface area contributed by atoms with E-state index in [1.807, 2.05) is 12.1 Å². The van der Waals surface area contributed by atoms with Crippen LogP contribution < -0.4 is 0 Å². The van der Waals surface area contributed by atoms with Crippen molar-refractivity contribution >= 4 is 21.7 Å². The van der Waals surface area contributed by atoms with Crippen LogP contribution in [0.15, 0.2) is 43.0 Å². The van der Waals surface area contributed by atoms with Crippen LogP contribution in [-0.4, -0.2) is 59.1 Å². The Labute approximate surface area is 175 Å². The molecule has 0 amide bonds. The summed E-state index contributed by atoms with van der Waals surface area (Å²) in [6, 6.07) is 8.69. The number of rotatable bonds is 3. The molecule has 0 spiro atoms. The second-order valence-electron chi connectivity index (χ2n) is 6.80. The summed E-state index contributed by atoms with van der Waals surface area (Å²) in [6.45, 7) is 6.03. The van der Waals surface area contributed by atoms with Gasteiger partial charge >= 0.3 is 0 Å². The molecular formula is C20H24ClNO6S. The summed E-state index contributed by atoms with van der Waals surface area (Å²) in [5, 5.41) is 30.0. The van der Waals surface area contributed by atoms with E-state index in [0.717, 1.165) is 29.8 Å². The molecule has 1 unspecified atom stereocenters. The van der Waals surface area contributed by atoms with Crippen molar-refractivity contribution in [1.29, 1.82) is 0 Å². The maximum atomic E-state index is 10.0. The Morgan fingerprint density at radius 2 is 1.93 bits per heavy atom. The molecule has 7 nitrogen and oxygen atoms in total. The van der Waals surface area contributed by atoms with Crippen LogP contribution in [0.5, 0.6) is 17.2 Å². The Morgan fingerprint density at radius 1 is 1.28 bits per heavy atom. The highest BCUT2D eigenvalue weighted by atomic mass is 35.5. The minimum absolute atomic E-state index is 0.0708. The summed E-state index contributed by atoms with van der Waals surface area (Å²) in [7, 11) is -3.67. The van der Waals surface area contributed by atoms with E-state index in [1.54, 1.807) is 24.3 Å². The standard InChI is InChI=1S/C19H20ClNO3.CH4O3S/c1-2-7-21-8-6-14-15(10-17(23)19(24)18(14)20)16(11-21)12-4-3-5-13(22)9-12;1-5(2,3)4/h2-5,9-10,16,22-24H,1,6-8,11H2;1H3,(H,2,3,4). The van der Waals surface area contributed by atoms with Crippen molar-refractivity contribution in [3.8, 4) is 17.2 Å². The van der Waals surface area contributed by atoms with E-state index in [1.165, 1.54) is 0 Å². The van der Waals surface area contributed by atoms with E-state index in [0.29, 0.717) is 19.2 Å². The van der Waals surface area contributed by atoms with E-state index in [4.69, 9.17) is 16.2 Å². The molecule has 4 N–H and O–H groups in total. The number of nitrogens with zero attached hydrogens (tertiary/aromatic N) is 1. The van der Waals surface area contributed by atoms with Crippen LogP contribution >= 0.6 is 11.6 Å². The molecule has 0 saturated heterocycles. The number of phenols is 3. The summed E-state index contributed by atoms with van der Waals surface area (Å²) >= 11 is 6.30. The van der Waals surface area contributed by atoms with Gasteiger partial charge in [-0.2, -0.15) is 8.42 Å². The average molecular weight is 442 g/mol. The van der Waals surface area contributed by atoms with Crippen LogP contribution in [0.25, 0.3) is 0 Å². The monoisotopic (exact) mass is 441 g/mol. The van der Waals surface area contributed by atoms with Crippen molar-refractivity contribution in [2.45, 2.75) is 12.3 Å². The molecule has 0 aromatic heterocycles. The zero-order chi connectivity index (χ0) is 21.8. The van der Waals surface area contributed by atoms with E-state index in [2.05, 4.69) is 11.5 Å². The number of aromatic hydroxyl groups is 3. The summed E-state index contributed by atoms with van der Waals surface area (Å²) < 4.78 is 25.9. The van der Waals surface area contributed by atoms with Gasteiger partial charge in [0, 0.05) is 25.6 Å². The van der Waals surface area contributed by atoms with Gasteiger partial charge in [-0.05, 0) is 41.3 Å². The van der Waals surface area contributed by atoms with Crippen LogP contribution in [0, 0.1) is 0 Å². The Hall–Kier alpha value is -2.26. The highest BCUT2D eigenvalue weighted by Gasteiger charge is 2.28. The topological polar surface area (TPSA) is 118 Å². The lowest BCUT2D eigenvalue weighted by Gasteiger charge is -2.24. The molecule has 2 aromatic rings. The smallest absolute Gasteiger partial charge is 0.261 e. The largest absolute Gasteiger partial charge is 0.508 e. The van der Waals surface area contributed by atoms with Gasteiger partial charge in [0.1, 0.15) is 5.75 Å². The molecule has 0 bridgehead atoms. The van der Waals surface area contributed by atoms with Crippen molar-refractivity contribution in [3.63, 3.8) is 0 Å². The maximum absolute atomic E-state index is 10.0. The van der Waals surface area contributed by atoms with Crippen LogP contribution in [-0.2, 0) is 16.5 Å². The van der Waals surface area contributed by atoms with Gasteiger partial charge in [-0.1, -0.05) is 29.8 Å². The quantitative estimate of drug-likeness (QED) is 0.328. The minimum atomic E-state index is -3.67. The van der Waals surface area contributed by atoms with Gasteiger partial charge in [-0.15, -0.1) is 6.58 Å². The zero-order valence-corrected chi connectivity index (χ0v) is 17.5. The van der Waals surface area contributed by atoms with Gasteiger partial charge < -0.3 is 15.3 Å². The van der Waals surface area contributed by atoms with Crippen LogP contribution in [0.4, 0.5) is 0 Å².